The molecule has 0 aliphatic carbocycles. The van der Waals surface area contributed by atoms with Gasteiger partial charge in [-0.2, -0.15) is 0 Å². The minimum atomic E-state index is 0.264. The fourth-order valence-corrected chi connectivity index (χ4v) is 1.66. The molecular weight excluding hydrogens is 206 g/mol. The maximum atomic E-state index is 4.18. The van der Waals surface area contributed by atoms with Gasteiger partial charge in [-0.25, -0.2) is 0 Å². The third-order valence-electron chi connectivity index (χ3n) is 3.12. The zero-order chi connectivity index (χ0) is 13.5. The van der Waals surface area contributed by atoms with Crippen LogP contribution in [0, 0.1) is 5.41 Å². The second-order valence-electron chi connectivity index (χ2n) is 7.19. The van der Waals surface area contributed by atoms with Crippen molar-refractivity contribution >= 4 is 0 Å². The number of hydrogen-bond acceptors (Lipinski definition) is 1. The first-order valence-electron chi connectivity index (χ1n) is 7.06. The highest BCUT2D eigenvalue weighted by molar-refractivity contribution is 5.04. The van der Waals surface area contributed by atoms with E-state index in [0.717, 1.165) is 6.54 Å². The first-order chi connectivity index (χ1) is 7.63. The van der Waals surface area contributed by atoms with E-state index in [0.29, 0.717) is 0 Å². The molecule has 0 heterocycles. The Morgan fingerprint density at radius 3 is 1.88 bits per heavy atom. The lowest BCUT2D eigenvalue weighted by Crippen LogP contribution is -2.36. The number of hydrogen-bond donors (Lipinski definition) is 1. The molecule has 0 aromatic rings. The smallest absolute Gasteiger partial charge is 0.00965 e. The van der Waals surface area contributed by atoms with Gasteiger partial charge >= 0.3 is 0 Å². The van der Waals surface area contributed by atoms with E-state index in [2.05, 4.69) is 53.4 Å². The van der Waals surface area contributed by atoms with Crippen LogP contribution in [-0.4, -0.2) is 12.1 Å². The van der Waals surface area contributed by atoms with Gasteiger partial charge in [-0.3, -0.25) is 0 Å². The molecule has 0 amide bonds. The third-order valence-corrected chi connectivity index (χ3v) is 3.12. The summed E-state index contributed by atoms with van der Waals surface area (Å²) in [5, 5.41) is 3.53. The normalized spacial score (nSPS) is 12.8. The molecule has 1 N–H and O–H groups in total. The zero-order valence-corrected chi connectivity index (χ0v) is 12.9. The van der Waals surface area contributed by atoms with Crippen LogP contribution >= 0.6 is 0 Å². The van der Waals surface area contributed by atoms with Crippen molar-refractivity contribution in [3.8, 4) is 0 Å². The van der Waals surface area contributed by atoms with Crippen LogP contribution in [0.2, 0.25) is 0 Å². The van der Waals surface area contributed by atoms with Crippen LogP contribution in [0.15, 0.2) is 12.2 Å². The highest BCUT2D eigenvalue weighted by Crippen LogP contribution is 2.27. The molecule has 17 heavy (non-hydrogen) atoms. The van der Waals surface area contributed by atoms with Gasteiger partial charge in [-0.1, -0.05) is 45.8 Å². The van der Waals surface area contributed by atoms with Crippen LogP contribution in [0.3, 0.4) is 0 Å². The van der Waals surface area contributed by atoms with Crippen LogP contribution in [0.1, 0.15) is 73.6 Å². The SMILES string of the molecule is C=C(CCCCCCNC(C)(C)C)C(C)(C)C. The minimum absolute atomic E-state index is 0.264. The number of allylic oxidation sites excluding steroid dienone is 1. The van der Waals surface area contributed by atoms with Gasteiger partial charge in [0, 0.05) is 5.54 Å². The van der Waals surface area contributed by atoms with Gasteiger partial charge in [0.1, 0.15) is 0 Å². The standard InChI is InChI=1S/C16H33N/c1-14(15(2,3)4)12-10-8-9-11-13-17-16(5,6)7/h17H,1,8-13H2,2-7H3. The number of unbranched alkanes of at least 4 members (excludes halogenated alkanes) is 3. The molecule has 0 rings (SSSR count). The Balaban J connectivity index is 3.39. The Bertz CT molecular complexity index is 215. The number of nitrogens with one attached hydrogen (secondary N) is 1. The van der Waals surface area contributed by atoms with E-state index in [4.69, 9.17) is 0 Å². The highest BCUT2D eigenvalue weighted by atomic mass is 14.9. The van der Waals surface area contributed by atoms with E-state index in [1.807, 2.05) is 0 Å². The molecule has 0 aliphatic heterocycles. The van der Waals surface area contributed by atoms with Crippen LogP contribution < -0.4 is 5.32 Å². The summed E-state index contributed by atoms with van der Waals surface area (Å²) in [4.78, 5) is 0. The Morgan fingerprint density at radius 2 is 1.41 bits per heavy atom. The van der Waals surface area contributed by atoms with Gasteiger partial charge in [-0.15, -0.1) is 0 Å². The maximum absolute atomic E-state index is 4.18. The van der Waals surface area contributed by atoms with Crippen molar-refractivity contribution in [3.63, 3.8) is 0 Å². The summed E-state index contributed by atoms with van der Waals surface area (Å²) in [6, 6.07) is 0. The molecule has 0 bridgehead atoms. The van der Waals surface area contributed by atoms with Crippen molar-refractivity contribution < 1.29 is 0 Å². The second-order valence-corrected chi connectivity index (χ2v) is 7.19. The van der Waals surface area contributed by atoms with Gasteiger partial charge in [0.05, 0.1) is 0 Å². The number of rotatable bonds is 7. The predicted octanol–water partition coefficient (Wildman–Crippen LogP) is 4.93. The summed E-state index contributed by atoms with van der Waals surface area (Å²) in [5.74, 6) is 0. The highest BCUT2D eigenvalue weighted by Gasteiger charge is 2.13. The van der Waals surface area contributed by atoms with Crippen molar-refractivity contribution in [2.75, 3.05) is 6.54 Å². The zero-order valence-electron chi connectivity index (χ0n) is 12.9. The first kappa shape index (κ1) is 16.7. The molecule has 0 aromatic carbocycles. The lowest BCUT2D eigenvalue weighted by atomic mass is 9.84. The third kappa shape index (κ3) is 10.6. The molecule has 0 aromatic heterocycles. The molecule has 0 atom stereocenters. The van der Waals surface area contributed by atoms with E-state index < -0.39 is 0 Å². The van der Waals surface area contributed by atoms with E-state index in [9.17, 15) is 0 Å². The van der Waals surface area contributed by atoms with Crippen molar-refractivity contribution in [1.82, 2.24) is 5.32 Å². The molecule has 0 spiro atoms. The first-order valence-corrected chi connectivity index (χ1v) is 7.06. The summed E-state index contributed by atoms with van der Waals surface area (Å²) >= 11 is 0. The topological polar surface area (TPSA) is 12.0 Å². The van der Waals surface area contributed by atoms with Crippen molar-refractivity contribution in [2.45, 2.75) is 79.2 Å². The van der Waals surface area contributed by atoms with Crippen LogP contribution in [0.4, 0.5) is 0 Å². The predicted molar refractivity (Wildman–Crippen MR) is 79.4 cm³/mol. The van der Waals surface area contributed by atoms with E-state index in [1.54, 1.807) is 0 Å². The molecule has 0 fully saturated rings. The second kappa shape index (κ2) is 7.20. The average molecular weight is 239 g/mol. The molecule has 102 valence electrons. The van der Waals surface area contributed by atoms with E-state index >= 15 is 0 Å². The summed E-state index contributed by atoms with van der Waals surface area (Å²) < 4.78 is 0. The fraction of sp³-hybridized carbons (Fsp3) is 0.875. The van der Waals surface area contributed by atoms with Gasteiger partial charge in [-0.05, 0) is 52.0 Å². The summed E-state index contributed by atoms with van der Waals surface area (Å²) in [6.07, 6.45) is 6.45. The van der Waals surface area contributed by atoms with Gasteiger partial charge in [0.15, 0.2) is 0 Å². The molecule has 0 radical (unpaired) electrons. The van der Waals surface area contributed by atoms with Crippen LogP contribution in [0.5, 0.6) is 0 Å². The molecular formula is C16H33N. The molecule has 1 heteroatoms. The van der Waals surface area contributed by atoms with Crippen LogP contribution in [-0.2, 0) is 0 Å². The Hall–Kier alpha value is -0.300. The van der Waals surface area contributed by atoms with Crippen LogP contribution in [0.25, 0.3) is 0 Å². The lowest BCUT2D eigenvalue weighted by Gasteiger charge is -2.22. The Labute approximate surface area is 109 Å². The van der Waals surface area contributed by atoms with E-state index in [-0.39, 0.29) is 11.0 Å². The molecule has 0 saturated heterocycles. The van der Waals surface area contributed by atoms with Crippen molar-refractivity contribution in [2.24, 2.45) is 5.41 Å². The minimum Gasteiger partial charge on any atom is -0.312 e. The van der Waals surface area contributed by atoms with Crippen molar-refractivity contribution in [1.29, 1.82) is 0 Å². The molecule has 0 saturated carbocycles. The summed E-state index contributed by atoms with van der Waals surface area (Å²) in [7, 11) is 0. The lowest BCUT2D eigenvalue weighted by molar-refractivity contribution is 0.414. The Morgan fingerprint density at radius 1 is 0.882 bits per heavy atom. The summed E-state index contributed by atoms with van der Waals surface area (Å²) in [6.45, 7) is 18.7. The van der Waals surface area contributed by atoms with Crippen molar-refractivity contribution in [3.05, 3.63) is 12.2 Å². The Kier molecular flexibility index (Phi) is 7.08. The molecule has 0 unspecified atom stereocenters. The van der Waals surface area contributed by atoms with E-state index in [1.165, 1.54) is 37.7 Å². The molecule has 1 nitrogen and oxygen atoms in total. The maximum Gasteiger partial charge on any atom is 0.00965 e. The van der Waals surface area contributed by atoms with Gasteiger partial charge in [0.25, 0.3) is 0 Å². The fourth-order valence-electron chi connectivity index (χ4n) is 1.66. The molecule has 0 aliphatic rings. The van der Waals surface area contributed by atoms with Gasteiger partial charge < -0.3 is 5.32 Å². The average Bonchev–Trinajstić information content (AvgIpc) is 2.12. The monoisotopic (exact) mass is 239 g/mol. The quantitative estimate of drug-likeness (QED) is 0.491. The summed E-state index contributed by atoms with van der Waals surface area (Å²) in [5.41, 5.74) is 1.94. The van der Waals surface area contributed by atoms with Gasteiger partial charge in [0.2, 0.25) is 0 Å². The largest absolute Gasteiger partial charge is 0.312 e.